The monoisotopic (exact) mass is 366 g/mol. The maximum atomic E-state index is 12.2. The average Bonchev–Trinajstić information content (AvgIpc) is 2.98. The Bertz CT molecular complexity index is 860. The molecule has 142 valence electrons. The minimum absolute atomic E-state index is 0.0804. The van der Waals surface area contributed by atoms with E-state index in [4.69, 9.17) is 4.74 Å². The van der Waals surface area contributed by atoms with Gasteiger partial charge in [0, 0.05) is 18.2 Å². The number of rotatable bonds is 2. The molecule has 3 unspecified atom stereocenters. The van der Waals surface area contributed by atoms with E-state index in [1.165, 1.54) is 24.8 Å². The highest BCUT2D eigenvalue weighted by atomic mass is 16.5. The van der Waals surface area contributed by atoms with Crippen LogP contribution in [0.15, 0.2) is 12.1 Å². The molecule has 0 radical (unpaired) electrons. The molecule has 27 heavy (non-hydrogen) atoms. The van der Waals surface area contributed by atoms with Crippen molar-refractivity contribution in [3.8, 4) is 11.8 Å². The lowest BCUT2D eigenvalue weighted by Gasteiger charge is -2.64. The minimum atomic E-state index is -0.884. The molecule has 5 atom stereocenters. The Morgan fingerprint density at radius 2 is 2.11 bits per heavy atom. The zero-order valence-electron chi connectivity index (χ0n) is 15.5. The third-order valence-electron chi connectivity index (χ3n) is 8.40. The Kier molecular flexibility index (Phi) is 3.18. The Morgan fingerprint density at radius 3 is 2.85 bits per heavy atom. The summed E-state index contributed by atoms with van der Waals surface area (Å²) in [5, 5.41) is 32.5. The van der Waals surface area contributed by atoms with Crippen LogP contribution in [-0.2, 0) is 11.8 Å². The van der Waals surface area contributed by atoms with Gasteiger partial charge < -0.3 is 14.9 Å². The zero-order chi connectivity index (χ0) is 18.4. The molecule has 0 aromatic heterocycles. The Balaban J connectivity index is 1.53. The van der Waals surface area contributed by atoms with Crippen LogP contribution in [0.3, 0.4) is 0 Å². The molecule has 5 nitrogen and oxygen atoms in total. The maximum Gasteiger partial charge on any atom is 0.141 e. The predicted molar refractivity (Wildman–Crippen MR) is 98.5 cm³/mol. The predicted octanol–water partition coefficient (Wildman–Crippen LogP) is 1.87. The van der Waals surface area contributed by atoms with Crippen molar-refractivity contribution in [1.29, 1.82) is 5.26 Å². The van der Waals surface area contributed by atoms with Crippen LogP contribution in [0.25, 0.3) is 0 Å². The second-order valence-corrected chi connectivity index (χ2v) is 9.39. The molecule has 2 bridgehead atoms. The molecular weight excluding hydrogens is 340 g/mol. The van der Waals surface area contributed by atoms with E-state index >= 15 is 0 Å². The summed E-state index contributed by atoms with van der Waals surface area (Å²) < 4.78 is 6.28. The van der Waals surface area contributed by atoms with Gasteiger partial charge in [-0.05, 0) is 62.6 Å². The molecule has 2 aliphatic heterocycles. The van der Waals surface area contributed by atoms with Crippen LogP contribution in [-0.4, -0.2) is 52.1 Å². The molecule has 3 fully saturated rings. The van der Waals surface area contributed by atoms with Crippen molar-refractivity contribution in [2.24, 2.45) is 5.92 Å². The zero-order valence-corrected chi connectivity index (χ0v) is 15.5. The average molecular weight is 366 g/mol. The van der Waals surface area contributed by atoms with E-state index in [1.807, 2.05) is 6.07 Å². The molecular formula is C22H26N2O3. The SMILES string of the molecule is N#Cc1ccc2c3c1OC1C(O)CCC4(O)[C@@H](C2)N(CC2CCC2)CC[C@]314. The molecule has 0 amide bonds. The fourth-order valence-electron chi connectivity index (χ4n) is 6.93. The number of aliphatic hydroxyl groups excluding tert-OH is 1. The van der Waals surface area contributed by atoms with Crippen LogP contribution < -0.4 is 4.74 Å². The first-order chi connectivity index (χ1) is 13.1. The number of aliphatic hydroxyl groups is 2. The van der Waals surface area contributed by atoms with Gasteiger partial charge in [-0.1, -0.05) is 12.5 Å². The summed E-state index contributed by atoms with van der Waals surface area (Å²) in [5.74, 6) is 1.40. The lowest BCUT2D eigenvalue weighted by Crippen LogP contribution is -2.77. The standard InChI is InChI=1S/C22H26N2O3/c23-11-15-5-4-14-10-17-22(26)7-6-16(25)20-21(22,18(14)19(15)27-20)8-9-24(17)12-13-2-1-3-13/h4-5,13,16-17,20,25-26H,1-3,6-10,12H2/t16?,17-,20?,21+,22?/m1/s1. The van der Waals surface area contributed by atoms with E-state index < -0.39 is 23.2 Å². The lowest BCUT2D eigenvalue weighted by molar-refractivity contribution is -0.209. The molecule has 6 rings (SSSR count). The summed E-state index contributed by atoms with van der Waals surface area (Å²) in [6, 6.07) is 6.25. The summed E-state index contributed by atoms with van der Waals surface area (Å²) in [4.78, 5) is 2.53. The largest absolute Gasteiger partial charge is 0.485 e. The van der Waals surface area contributed by atoms with Crippen LogP contribution in [0.5, 0.6) is 5.75 Å². The fourth-order valence-corrected chi connectivity index (χ4v) is 6.93. The molecule has 2 heterocycles. The lowest BCUT2D eigenvalue weighted by atomic mass is 9.48. The van der Waals surface area contributed by atoms with Crippen molar-refractivity contribution < 1.29 is 14.9 Å². The summed E-state index contributed by atoms with van der Waals surface area (Å²) in [7, 11) is 0. The molecule has 2 saturated carbocycles. The Labute approximate surface area is 159 Å². The van der Waals surface area contributed by atoms with Crippen molar-refractivity contribution in [1.82, 2.24) is 4.90 Å². The van der Waals surface area contributed by atoms with E-state index in [0.29, 0.717) is 24.2 Å². The smallest absolute Gasteiger partial charge is 0.141 e. The van der Waals surface area contributed by atoms with Crippen molar-refractivity contribution in [3.05, 3.63) is 28.8 Å². The van der Waals surface area contributed by atoms with Crippen molar-refractivity contribution in [3.63, 3.8) is 0 Å². The highest BCUT2D eigenvalue weighted by Gasteiger charge is 2.72. The summed E-state index contributed by atoms with van der Waals surface area (Å²) in [6.45, 7) is 2.02. The maximum absolute atomic E-state index is 12.2. The van der Waals surface area contributed by atoms with E-state index in [-0.39, 0.29) is 6.04 Å². The summed E-state index contributed by atoms with van der Waals surface area (Å²) in [6.07, 6.45) is 5.70. The number of likely N-dealkylation sites (tertiary alicyclic amines) is 1. The Hall–Kier alpha value is -1.61. The topological polar surface area (TPSA) is 76.7 Å². The van der Waals surface area contributed by atoms with E-state index in [9.17, 15) is 15.5 Å². The molecule has 3 aliphatic carbocycles. The normalized spacial score (nSPS) is 42.0. The number of piperidine rings is 1. The van der Waals surface area contributed by atoms with Gasteiger partial charge in [0.05, 0.1) is 22.7 Å². The van der Waals surface area contributed by atoms with Gasteiger partial charge in [-0.25, -0.2) is 0 Å². The summed E-state index contributed by atoms with van der Waals surface area (Å²) >= 11 is 0. The number of nitriles is 1. The first kappa shape index (κ1) is 16.4. The first-order valence-electron chi connectivity index (χ1n) is 10.5. The van der Waals surface area contributed by atoms with E-state index in [1.54, 1.807) is 0 Å². The number of ether oxygens (including phenoxy) is 1. The van der Waals surface area contributed by atoms with Crippen molar-refractivity contribution in [2.75, 3.05) is 13.1 Å². The van der Waals surface area contributed by atoms with Crippen LogP contribution in [0.4, 0.5) is 0 Å². The molecule has 1 spiro atoms. The van der Waals surface area contributed by atoms with Crippen molar-refractivity contribution in [2.45, 2.75) is 74.2 Å². The van der Waals surface area contributed by atoms with Gasteiger partial charge in [-0.3, -0.25) is 4.90 Å². The van der Waals surface area contributed by atoms with Crippen LogP contribution >= 0.6 is 0 Å². The number of hydrogen-bond acceptors (Lipinski definition) is 5. The van der Waals surface area contributed by atoms with Crippen LogP contribution in [0.2, 0.25) is 0 Å². The number of nitrogens with zero attached hydrogens (tertiary/aromatic N) is 2. The van der Waals surface area contributed by atoms with Gasteiger partial charge in [-0.15, -0.1) is 0 Å². The van der Waals surface area contributed by atoms with Gasteiger partial charge in [0.1, 0.15) is 17.9 Å². The molecule has 1 saturated heterocycles. The highest BCUT2D eigenvalue weighted by molar-refractivity contribution is 5.63. The highest BCUT2D eigenvalue weighted by Crippen LogP contribution is 2.64. The second kappa shape index (κ2) is 5.26. The van der Waals surface area contributed by atoms with Gasteiger partial charge in [0.15, 0.2) is 0 Å². The third-order valence-corrected chi connectivity index (χ3v) is 8.40. The molecule has 5 heteroatoms. The third kappa shape index (κ3) is 1.80. The van der Waals surface area contributed by atoms with Gasteiger partial charge >= 0.3 is 0 Å². The molecule has 5 aliphatic rings. The second-order valence-electron chi connectivity index (χ2n) is 9.39. The number of benzene rings is 1. The number of hydrogen-bond donors (Lipinski definition) is 2. The van der Waals surface area contributed by atoms with E-state index in [0.717, 1.165) is 37.4 Å². The quantitative estimate of drug-likeness (QED) is 0.836. The van der Waals surface area contributed by atoms with Crippen molar-refractivity contribution >= 4 is 0 Å². The summed E-state index contributed by atoms with van der Waals surface area (Å²) in [5.41, 5.74) is 1.32. The van der Waals surface area contributed by atoms with Gasteiger partial charge in [-0.2, -0.15) is 5.26 Å². The molecule has 2 N–H and O–H groups in total. The Morgan fingerprint density at radius 1 is 1.26 bits per heavy atom. The van der Waals surface area contributed by atoms with Crippen LogP contribution in [0, 0.1) is 17.2 Å². The fraction of sp³-hybridized carbons (Fsp3) is 0.682. The van der Waals surface area contributed by atoms with Gasteiger partial charge in [0.2, 0.25) is 0 Å². The van der Waals surface area contributed by atoms with Gasteiger partial charge in [0.25, 0.3) is 0 Å². The molecule has 1 aromatic rings. The van der Waals surface area contributed by atoms with Crippen LogP contribution in [0.1, 0.15) is 55.2 Å². The molecule has 1 aromatic carbocycles. The first-order valence-corrected chi connectivity index (χ1v) is 10.5. The van der Waals surface area contributed by atoms with E-state index in [2.05, 4.69) is 17.0 Å². The minimum Gasteiger partial charge on any atom is -0.485 e.